The number of methoxy groups -OCH3 is 1. The van der Waals surface area contributed by atoms with Crippen LogP contribution >= 0.6 is 0 Å². The Morgan fingerprint density at radius 2 is 2.33 bits per heavy atom. The van der Waals surface area contributed by atoms with Crippen LogP contribution in [0.3, 0.4) is 0 Å². The highest BCUT2D eigenvalue weighted by atomic mass is 19.1. The minimum Gasteiger partial charge on any atom is -0.384 e. The third-order valence-corrected chi connectivity index (χ3v) is 4.57. The Balaban J connectivity index is 1.84. The quantitative estimate of drug-likeness (QED) is 0.852. The molecule has 1 aromatic rings. The maximum atomic E-state index is 14.4. The van der Waals surface area contributed by atoms with Crippen molar-refractivity contribution in [2.45, 2.75) is 50.9 Å². The number of hydrogen-bond donors (Lipinski definition) is 0. The van der Waals surface area contributed by atoms with Gasteiger partial charge in [-0.15, -0.1) is 0 Å². The average molecular weight is 295 g/mol. The van der Waals surface area contributed by atoms with Gasteiger partial charge in [-0.2, -0.15) is 5.10 Å². The first kappa shape index (κ1) is 14.5. The van der Waals surface area contributed by atoms with E-state index in [4.69, 9.17) is 4.74 Å². The average Bonchev–Trinajstić information content (AvgIpc) is 2.87. The van der Waals surface area contributed by atoms with Crippen molar-refractivity contribution in [2.75, 3.05) is 20.3 Å². The summed E-state index contributed by atoms with van der Waals surface area (Å²) in [7, 11) is 1.64. The van der Waals surface area contributed by atoms with Crippen molar-refractivity contribution in [3.05, 3.63) is 17.5 Å². The van der Waals surface area contributed by atoms with Crippen LogP contribution in [0.5, 0.6) is 0 Å². The number of rotatable bonds is 4. The van der Waals surface area contributed by atoms with Crippen molar-refractivity contribution >= 4 is 5.91 Å². The van der Waals surface area contributed by atoms with Gasteiger partial charge in [0.2, 0.25) is 0 Å². The van der Waals surface area contributed by atoms with E-state index < -0.39 is 5.67 Å². The summed E-state index contributed by atoms with van der Waals surface area (Å²) < 4.78 is 21.5. The highest BCUT2D eigenvalue weighted by Crippen LogP contribution is 2.39. The number of halogens is 1. The standard InChI is InChI=1S/C15H22FN3O2/c1-3-19-9-11-7-18(14(20)15(16)5-4-6-15)8-12(10-21-2)13(11)17-19/h9,12H,3-8,10H2,1-2H3/t12-/m1/s1. The molecule has 0 N–H and O–H groups in total. The molecule has 1 fully saturated rings. The second-order valence-corrected chi connectivity index (χ2v) is 6.05. The van der Waals surface area contributed by atoms with Crippen molar-refractivity contribution in [2.24, 2.45) is 0 Å². The number of nitrogens with zero attached hydrogens (tertiary/aromatic N) is 3. The fraction of sp³-hybridized carbons (Fsp3) is 0.733. The van der Waals surface area contributed by atoms with Gasteiger partial charge in [0.15, 0.2) is 5.67 Å². The first-order chi connectivity index (χ1) is 10.1. The first-order valence-electron chi connectivity index (χ1n) is 7.61. The van der Waals surface area contributed by atoms with E-state index >= 15 is 0 Å². The lowest BCUT2D eigenvalue weighted by Crippen LogP contribution is -2.52. The van der Waals surface area contributed by atoms with Crippen LogP contribution in [0, 0.1) is 0 Å². The number of carbonyl (C=O) groups is 1. The summed E-state index contributed by atoms with van der Waals surface area (Å²) in [5, 5.41) is 4.56. The summed E-state index contributed by atoms with van der Waals surface area (Å²) in [6, 6.07) is 0. The van der Waals surface area contributed by atoms with Gasteiger partial charge in [0.05, 0.1) is 12.3 Å². The number of amides is 1. The number of hydrogen-bond acceptors (Lipinski definition) is 3. The van der Waals surface area contributed by atoms with E-state index in [0.29, 0.717) is 32.5 Å². The first-order valence-corrected chi connectivity index (χ1v) is 7.61. The summed E-state index contributed by atoms with van der Waals surface area (Å²) >= 11 is 0. The SMILES string of the molecule is CCn1cc2c(n1)[C@@H](COC)CN(C(=O)C1(F)CCC1)C2. The van der Waals surface area contributed by atoms with E-state index in [-0.39, 0.29) is 11.8 Å². The molecule has 0 bridgehead atoms. The summed E-state index contributed by atoms with van der Waals surface area (Å²) in [5.74, 6) is -0.330. The lowest BCUT2D eigenvalue weighted by Gasteiger charge is -2.40. The highest BCUT2D eigenvalue weighted by molar-refractivity contribution is 5.86. The molecule has 21 heavy (non-hydrogen) atoms. The molecule has 0 aromatic carbocycles. The van der Waals surface area contributed by atoms with Gasteiger partial charge in [-0.1, -0.05) is 0 Å². The third kappa shape index (κ3) is 2.46. The molecule has 2 heterocycles. The van der Waals surface area contributed by atoms with Crippen LogP contribution in [0.15, 0.2) is 6.20 Å². The van der Waals surface area contributed by atoms with Crippen molar-refractivity contribution in [1.82, 2.24) is 14.7 Å². The Kier molecular flexibility index (Phi) is 3.73. The summed E-state index contributed by atoms with van der Waals surface area (Å²) in [5.41, 5.74) is 0.376. The normalized spacial score (nSPS) is 23.6. The van der Waals surface area contributed by atoms with Crippen LogP contribution in [-0.2, 0) is 22.6 Å². The molecule has 0 spiro atoms. The van der Waals surface area contributed by atoms with Gasteiger partial charge in [-0.05, 0) is 26.2 Å². The van der Waals surface area contributed by atoms with E-state index in [1.807, 2.05) is 17.8 Å². The summed E-state index contributed by atoms with van der Waals surface area (Å²) in [4.78, 5) is 14.1. The zero-order valence-electron chi connectivity index (χ0n) is 12.6. The number of aromatic nitrogens is 2. The summed E-state index contributed by atoms with van der Waals surface area (Å²) in [6.45, 7) is 4.26. The second kappa shape index (κ2) is 5.40. The van der Waals surface area contributed by atoms with Crippen molar-refractivity contribution < 1.29 is 13.9 Å². The molecule has 6 heteroatoms. The highest BCUT2D eigenvalue weighted by Gasteiger charge is 2.48. The third-order valence-electron chi connectivity index (χ3n) is 4.57. The molecule has 2 aliphatic rings. The maximum absolute atomic E-state index is 14.4. The molecular weight excluding hydrogens is 273 g/mol. The van der Waals surface area contributed by atoms with E-state index in [1.54, 1.807) is 12.0 Å². The predicted octanol–water partition coefficient (Wildman–Crippen LogP) is 1.87. The molecule has 5 nitrogen and oxygen atoms in total. The van der Waals surface area contributed by atoms with Gasteiger partial charge >= 0.3 is 0 Å². The monoisotopic (exact) mass is 295 g/mol. The maximum Gasteiger partial charge on any atom is 0.260 e. The van der Waals surface area contributed by atoms with Crippen LogP contribution in [0.2, 0.25) is 0 Å². The molecule has 1 aliphatic carbocycles. The smallest absolute Gasteiger partial charge is 0.260 e. The zero-order chi connectivity index (χ0) is 15.0. The van der Waals surface area contributed by atoms with Gasteiger partial charge in [-0.25, -0.2) is 4.39 Å². The molecule has 1 aliphatic heterocycles. The van der Waals surface area contributed by atoms with Gasteiger partial charge in [0.1, 0.15) is 0 Å². The molecule has 1 atom stereocenters. The number of alkyl halides is 1. The minimum atomic E-state index is -1.63. The van der Waals surface area contributed by atoms with Crippen LogP contribution in [0.1, 0.15) is 43.4 Å². The molecule has 0 radical (unpaired) electrons. The van der Waals surface area contributed by atoms with Gasteiger partial charge in [0.25, 0.3) is 5.91 Å². The predicted molar refractivity (Wildman–Crippen MR) is 75.6 cm³/mol. The largest absolute Gasteiger partial charge is 0.384 e. The molecular formula is C15H22FN3O2. The molecule has 116 valence electrons. The van der Waals surface area contributed by atoms with Gasteiger partial charge in [-0.3, -0.25) is 9.48 Å². The topological polar surface area (TPSA) is 47.4 Å². The van der Waals surface area contributed by atoms with E-state index in [2.05, 4.69) is 5.10 Å². The zero-order valence-corrected chi connectivity index (χ0v) is 12.6. The Bertz CT molecular complexity index is 539. The van der Waals surface area contributed by atoms with Crippen LogP contribution in [0.25, 0.3) is 0 Å². The summed E-state index contributed by atoms with van der Waals surface area (Å²) in [6.07, 6.45) is 3.48. The van der Waals surface area contributed by atoms with Crippen molar-refractivity contribution in [1.29, 1.82) is 0 Å². The Morgan fingerprint density at radius 3 is 2.90 bits per heavy atom. The van der Waals surface area contributed by atoms with E-state index in [9.17, 15) is 9.18 Å². The Morgan fingerprint density at radius 1 is 1.57 bits per heavy atom. The molecule has 1 amide bonds. The number of ether oxygens (including phenoxy) is 1. The van der Waals surface area contributed by atoms with Crippen molar-refractivity contribution in [3.63, 3.8) is 0 Å². The molecule has 0 saturated heterocycles. The number of carbonyl (C=O) groups excluding carboxylic acids is 1. The lowest BCUT2D eigenvalue weighted by atomic mass is 9.80. The van der Waals surface area contributed by atoms with E-state index in [0.717, 1.165) is 24.2 Å². The molecule has 1 aromatic heterocycles. The number of fused-ring (bicyclic) bond motifs is 1. The van der Waals surface area contributed by atoms with E-state index in [1.165, 1.54) is 0 Å². The Hall–Kier alpha value is -1.43. The number of aryl methyl sites for hydroxylation is 1. The molecule has 3 rings (SSSR count). The van der Waals surface area contributed by atoms with Crippen LogP contribution in [0.4, 0.5) is 4.39 Å². The second-order valence-electron chi connectivity index (χ2n) is 6.05. The van der Waals surface area contributed by atoms with Gasteiger partial charge in [0, 0.05) is 44.4 Å². The minimum absolute atomic E-state index is 0.0270. The fourth-order valence-corrected chi connectivity index (χ4v) is 3.20. The molecule has 0 unspecified atom stereocenters. The fourth-order valence-electron chi connectivity index (χ4n) is 3.20. The molecule has 1 saturated carbocycles. The lowest BCUT2D eigenvalue weighted by molar-refractivity contribution is -0.151. The van der Waals surface area contributed by atoms with Gasteiger partial charge < -0.3 is 9.64 Å². The Labute approximate surface area is 124 Å². The van der Waals surface area contributed by atoms with Crippen LogP contribution in [-0.4, -0.2) is 46.5 Å². The van der Waals surface area contributed by atoms with Crippen molar-refractivity contribution in [3.8, 4) is 0 Å². The van der Waals surface area contributed by atoms with Crippen LogP contribution < -0.4 is 0 Å².